The van der Waals surface area contributed by atoms with Crippen molar-refractivity contribution in [1.82, 2.24) is 20.3 Å². The van der Waals surface area contributed by atoms with Crippen LogP contribution in [0.2, 0.25) is 0 Å². The summed E-state index contributed by atoms with van der Waals surface area (Å²) < 4.78 is 48.2. The first kappa shape index (κ1) is 25.1. The molecule has 0 saturated carbocycles. The molecule has 4 heterocycles. The highest BCUT2D eigenvalue weighted by atomic mass is 32.1. The van der Waals surface area contributed by atoms with Crippen molar-refractivity contribution in [3.8, 4) is 0 Å². The fourth-order valence-corrected chi connectivity index (χ4v) is 4.04. The molecule has 188 valence electrons. The van der Waals surface area contributed by atoms with Crippen LogP contribution in [-0.2, 0) is 4.74 Å². The third-order valence-electron chi connectivity index (χ3n) is 5.51. The molecule has 3 unspecified atom stereocenters. The second-order valence-electron chi connectivity index (χ2n) is 8.70. The van der Waals surface area contributed by atoms with Crippen molar-refractivity contribution < 1.29 is 27.8 Å². The first-order valence-corrected chi connectivity index (χ1v) is 11.8. The molecule has 4 N–H and O–H groups in total. The zero-order chi connectivity index (χ0) is 25.2. The van der Waals surface area contributed by atoms with Gasteiger partial charge < -0.3 is 25.8 Å². The molecule has 0 aromatic carbocycles. The van der Waals surface area contributed by atoms with Crippen LogP contribution in [0.4, 0.5) is 30.5 Å². The summed E-state index contributed by atoms with van der Waals surface area (Å²) in [7, 11) is 0. The van der Waals surface area contributed by atoms with Gasteiger partial charge in [0.25, 0.3) is 5.91 Å². The van der Waals surface area contributed by atoms with Gasteiger partial charge >= 0.3 is 0 Å². The van der Waals surface area contributed by atoms with E-state index in [1.165, 1.54) is 43.5 Å². The Morgan fingerprint density at radius 3 is 2.91 bits per heavy atom. The van der Waals surface area contributed by atoms with Crippen molar-refractivity contribution in [3.05, 3.63) is 35.2 Å². The molecular formula is C22H25F3N6O3S. The van der Waals surface area contributed by atoms with Crippen molar-refractivity contribution in [2.45, 2.75) is 44.3 Å². The normalized spacial score (nSPS) is 19.4. The minimum absolute atomic E-state index is 0.0310. The van der Waals surface area contributed by atoms with Crippen molar-refractivity contribution in [1.29, 1.82) is 0 Å². The maximum atomic E-state index is 14.5. The topological polar surface area (TPSA) is 121 Å². The van der Waals surface area contributed by atoms with E-state index in [9.17, 15) is 23.1 Å². The predicted octanol–water partition coefficient (Wildman–Crippen LogP) is 3.35. The van der Waals surface area contributed by atoms with Crippen LogP contribution >= 0.6 is 11.3 Å². The number of carbonyl (C=O) groups is 1. The number of hydrogen-bond acceptors (Lipinski definition) is 9. The zero-order valence-corrected chi connectivity index (χ0v) is 19.8. The van der Waals surface area contributed by atoms with Gasteiger partial charge in [-0.2, -0.15) is 0 Å². The largest absolute Gasteiger partial charge is 0.387 e. The summed E-state index contributed by atoms with van der Waals surface area (Å²) >= 11 is 1.25. The summed E-state index contributed by atoms with van der Waals surface area (Å²) in [5.41, 5.74) is 0.581. The number of anilines is 3. The van der Waals surface area contributed by atoms with Crippen molar-refractivity contribution in [2.24, 2.45) is 0 Å². The zero-order valence-electron chi connectivity index (χ0n) is 19.0. The molecule has 0 radical (unpaired) electrons. The van der Waals surface area contributed by atoms with Gasteiger partial charge in [0.2, 0.25) is 0 Å². The molecule has 0 spiro atoms. The van der Waals surface area contributed by atoms with Gasteiger partial charge in [0.15, 0.2) is 11.6 Å². The lowest BCUT2D eigenvalue weighted by molar-refractivity contribution is -0.00177. The van der Waals surface area contributed by atoms with E-state index in [0.29, 0.717) is 23.4 Å². The van der Waals surface area contributed by atoms with Crippen LogP contribution in [-0.4, -0.2) is 69.7 Å². The molecule has 0 bridgehead atoms. The third-order valence-corrected chi connectivity index (χ3v) is 6.24. The van der Waals surface area contributed by atoms with Crippen LogP contribution in [0.15, 0.2) is 23.8 Å². The van der Waals surface area contributed by atoms with Gasteiger partial charge in [-0.25, -0.2) is 28.1 Å². The van der Waals surface area contributed by atoms with E-state index in [1.54, 1.807) is 5.51 Å². The molecule has 1 aliphatic heterocycles. The summed E-state index contributed by atoms with van der Waals surface area (Å²) in [6.07, 6.45) is -1.45. The maximum absolute atomic E-state index is 14.5. The van der Waals surface area contributed by atoms with Gasteiger partial charge in [0, 0.05) is 24.9 Å². The fourth-order valence-electron chi connectivity index (χ4n) is 3.40. The highest BCUT2D eigenvalue weighted by Gasteiger charge is 2.29. The predicted molar refractivity (Wildman–Crippen MR) is 126 cm³/mol. The average Bonchev–Trinajstić information content (AvgIpc) is 3.25. The SMILES string of the molecule is CC(C)(O)C(F)CNC(=O)c1cnc(Nc2nc3scnc3cc2F)cc1NC1CCOCC1F. The van der Waals surface area contributed by atoms with Crippen LogP contribution in [0.3, 0.4) is 0 Å². The minimum atomic E-state index is -1.71. The Labute approximate surface area is 203 Å². The summed E-state index contributed by atoms with van der Waals surface area (Å²) in [6, 6.07) is 2.03. The number of carbonyl (C=O) groups excluding carboxylic acids is 1. The Morgan fingerprint density at radius 2 is 2.17 bits per heavy atom. The Bertz CT molecular complexity index is 1200. The first-order chi connectivity index (χ1) is 16.6. The molecule has 0 aliphatic carbocycles. The number of fused-ring (bicyclic) bond motifs is 1. The summed E-state index contributed by atoms with van der Waals surface area (Å²) in [4.78, 5) is 25.7. The van der Waals surface area contributed by atoms with Crippen molar-refractivity contribution in [2.75, 3.05) is 30.4 Å². The number of halogens is 3. The lowest BCUT2D eigenvalue weighted by atomic mass is 10.0. The fraction of sp³-hybridized carbons (Fsp3) is 0.455. The van der Waals surface area contributed by atoms with Crippen molar-refractivity contribution >= 4 is 44.9 Å². The van der Waals surface area contributed by atoms with E-state index in [0.717, 1.165) is 0 Å². The lowest BCUT2D eigenvalue weighted by Gasteiger charge is -2.28. The highest BCUT2D eigenvalue weighted by Crippen LogP contribution is 2.27. The number of aromatic nitrogens is 3. The molecule has 1 saturated heterocycles. The smallest absolute Gasteiger partial charge is 0.255 e. The number of rotatable bonds is 8. The molecule has 35 heavy (non-hydrogen) atoms. The van der Waals surface area contributed by atoms with Gasteiger partial charge in [-0.05, 0) is 20.3 Å². The highest BCUT2D eigenvalue weighted by molar-refractivity contribution is 7.16. The Kier molecular flexibility index (Phi) is 7.38. The Hall–Kier alpha value is -3.03. The molecule has 1 aliphatic rings. The van der Waals surface area contributed by atoms with Crippen LogP contribution in [0.25, 0.3) is 10.3 Å². The van der Waals surface area contributed by atoms with Crippen LogP contribution in [0.5, 0.6) is 0 Å². The maximum Gasteiger partial charge on any atom is 0.255 e. The second-order valence-corrected chi connectivity index (χ2v) is 9.53. The number of ether oxygens (including phenoxy) is 1. The van der Waals surface area contributed by atoms with Gasteiger partial charge in [-0.15, -0.1) is 11.3 Å². The average molecular weight is 511 g/mol. The van der Waals surface area contributed by atoms with Crippen LogP contribution < -0.4 is 16.0 Å². The number of nitrogens with zero attached hydrogens (tertiary/aromatic N) is 3. The minimum Gasteiger partial charge on any atom is -0.387 e. The summed E-state index contributed by atoms with van der Waals surface area (Å²) in [5, 5.41) is 18.0. The lowest BCUT2D eigenvalue weighted by Crippen LogP contribution is -2.42. The van der Waals surface area contributed by atoms with Gasteiger partial charge in [0.1, 0.15) is 28.5 Å². The summed E-state index contributed by atoms with van der Waals surface area (Å²) in [6.45, 7) is 2.41. The Balaban J connectivity index is 1.60. The number of alkyl halides is 2. The molecule has 3 aromatic heterocycles. The molecular weight excluding hydrogens is 485 g/mol. The molecule has 4 rings (SSSR count). The van der Waals surface area contributed by atoms with E-state index >= 15 is 0 Å². The molecule has 3 aromatic rings. The van der Waals surface area contributed by atoms with Crippen LogP contribution in [0.1, 0.15) is 30.6 Å². The van der Waals surface area contributed by atoms with Gasteiger partial charge in [-0.1, -0.05) is 0 Å². The quantitative estimate of drug-likeness (QED) is 0.364. The third kappa shape index (κ3) is 5.97. The first-order valence-electron chi connectivity index (χ1n) is 10.9. The van der Waals surface area contributed by atoms with E-state index in [4.69, 9.17) is 4.74 Å². The van der Waals surface area contributed by atoms with Gasteiger partial charge in [-0.3, -0.25) is 4.79 Å². The van der Waals surface area contributed by atoms with E-state index < -0.39 is 42.3 Å². The number of aliphatic hydroxyl groups is 1. The van der Waals surface area contributed by atoms with E-state index in [1.807, 2.05) is 0 Å². The number of nitrogens with one attached hydrogen (secondary N) is 3. The van der Waals surface area contributed by atoms with E-state index in [-0.39, 0.29) is 29.5 Å². The number of hydrogen-bond donors (Lipinski definition) is 4. The monoisotopic (exact) mass is 510 g/mol. The molecule has 1 amide bonds. The van der Waals surface area contributed by atoms with E-state index in [2.05, 4.69) is 30.9 Å². The Morgan fingerprint density at radius 1 is 1.37 bits per heavy atom. The van der Waals surface area contributed by atoms with Crippen molar-refractivity contribution in [3.63, 3.8) is 0 Å². The second kappa shape index (κ2) is 10.3. The standard InChI is InChI=1S/C22H25F3N6O3S/c1-22(2,33)17(25)8-27-20(32)11-7-26-18(6-15(11)29-14-3-4-34-9-13(14)24)30-19-12(23)5-16-21(31-19)35-10-28-16/h5-7,10,13-14,17,33H,3-4,8-9H2,1-2H3,(H,27,32)(H2,26,29,30,31). The van der Waals surface area contributed by atoms with Gasteiger partial charge in [0.05, 0.1) is 41.6 Å². The number of pyridine rings is 2. The molecule has 13 heteroatoms. The van der Waals surface area contributed by atoms with Crippen LogP contribution in [0, 0.1) is 5.82 Å². The number of thiazole rings is 1. The molecule has 9 nitrogen and oxygen atoms in total. The molecule has 3 atom stereocenters. The number of amides is 1. The molecule has 1 fully saturated rings. The summed E-state index contributed by atoms with van der Waals surface area (Å²) in [5.74, 6) is -1.24.